The van der Waals surface area contributed by atoms with Crippen LogP contribution in [0.25, 0.3) is 0 Å². The van der Waals surface area contributed by atoms with Crippen LogP contribution in [0.2, 0.25) is 5.02 Å². The van der Waals surface area contributed by atoms with Crippen molar-refractivity contribution in [2.75, 3.05) is 13.6 Å². The lowest BCUT2D eigenvalue weighted by atomic mass is 10.1. The van der Waals surface area contributed by atoms with Crippen molar-refractivity contribution in [1.29, 1.82) is 0 Å². The Morgan fingerprint density at radius 3 is 2.86 bits per heavy atom. The fraction of sp³-hybridized carbons (Fsp3) is 0.455. The van der Waals surface area contributed by atoms with Crippen LogP contribution >= 0.6 is 11.6 Å². The minimum Gasteiger partial charge on any atom is -0.320 e. The summed E-state index contributed by atoms with van der Waals surface area (Å²) in [6.07, 6.45) is 2.80. The minimum absolute atomic E-state index is 0.219. The Morgan fingerprint density at radius 1 is 1.36 bits per heavy atom. The molecule has 0 aliphatic carbocycles. The largest absolute Gasteiger partial charge is 0.320 e. The summed E-state index contributed by atoms with van der Waals surface area (Å²) in [6.45, 7) is 0.974. The molecule has 1 N–H and O–H groups in total. The molecule has 1 aromatic rings. The standard InChI is InChI=1S/C11H15ClFN/c1-14-8-3-2-5-9-6-4-7-10(12)11(9)13/h4,6-7,14H,2-3,5,8H2,1H3. The van der Waals surface area contributed by atoms with Crippen molar-refractivity contribution in [3.63, 3.8) is 0 Å². The molecular weight excluding hydrogens is 201 g/mol. The van der Waals surface area contributed by atoms with Crippen LogP contribution in [0.5, 0.6) is 0 Å². The van der Waals surface area contributed by atoms with Gasteiger partial charge in [-0.15, -0.1) is 0 Å². The predicted molar refractivity (Wildman–Crippen MR) is 58.3 cm³/mol. The van der Waals surface area contributed by atoms with Gasteiger partial charge in [0, 0.05) is 0 Å². The van der Waals surface area contributed by atoms with E-state index in [1.807, 2.05) is 7.05 Å². The normalized spacial score (nSPS) is 10.5. The van der Waals surface area contributed by atoms with Crippen LogP contribution in [0.4, 0.5) is 4.39 Å². The van der Waals surface area contributed by atoms with Crippen molar-refractivity contribution in [2.45, 2.75) is 19.3 Å². The van der Waals surface area contributed by atoms with E-state index in [2.05, 4.69) is 5.32 Å². The van der Waals surface area contributed by atoms with Gasteiger partial charge < -0.3 is 5.32 Å². The van der Waals surface area contributed by atoms with Crippen molar-refractivity contribution in [3.05, 3.63) is 34.6 Å². The summed E-state index contributed by atoms with van der Waals surface area (Å²) >= 11 is 5.67. The molecule has 1 aromatic carbocycles. The van der Waals surface area contributed by atoms with Gasteiger partial charge in [-0.05, 0) is 44.5 Å². The van der Waals surface area contributed by atoms with Gasteiger partial charge in [-0.1, -0.05) is 23.7 Å². The first-order chi connectivity index (χ1) is 6.75. The molecule has 0 atom stereocenters. The van der Waals surface area contributed by atoms with Crippen molar-refractivity contribution in [3.8, 4) is 0 Å². The summed E-state index contributed by atoms with van der Waals surface area (Å²) in [6, 6.07) is 5.16. The Kier molecular flexibility index (Phi) is 4.91. The van der Waals surface area contributed by atoms with Gasteiger partial charge in [-0.2, -0.15) is 0 Å². The highest BCUT2D eigenvalue weighted by Crippen LogP contribution is 2.19. The van der Waals surface area contributed by atoms with E-state index >= 15 is 0 Å². The van der Waals surface area contributed by atoms with Gasteiger partial charge in [-0.3, -0.25) is 0 Å². The molecule has 0 fully saturated rings. The van der Waals surface area contributed by atoms with Crippen LogP contribution in [0.15, 0.2) is 18.2 Å². The van der Waals surface area contributed by atoms with E-state index in [0.29, 0.717) is 5.56 Å². The molecule has 0 amide bonds. The number of rotatable bonds is 5. The molecule has 0 saturated heterocycles. The Hall–Kier alpha value is -0.600. The lowest BCUT2D eigenvalue weighted by Gasteiger charge is -2.04. The Morgan fingerprint density at radius 2 is 2.14 bits per heavy atom. The third kappa shape index (κ3) is 3.28. The molecular formula is C11H15ClFN. The number of nitrogens with one attached hydrogen (secondary N) is 1. The van der Waals surface area contributed by atoms with Crippen molar-refractivity contribution >= 4 is 11.6 Å². The number of hydrogen-bond acceptors (Lipinski definition) is 1. The fourth-order valence-electron chi connectivity index (χ4n) is 1.36. The van der Waals surface area contributed by atoms with E-state index in [-0.39, 0.29) is 10.8 Å². The second kappa shape index (κ2) is 5.99. The molecule has 1 nitrogen and oxygen atoms in total. The molecule has 78 valence electrons. The molecule has 14 heavy (non-hydrogen) atoms. The van der Waals surface area contributed by atoms with Crippen molar-refractivity contribution in [2.24, 2.45) is 0 Å². The Balaban J connectivity index is 2.46. The van der Waals surface area contributed by atoms with E-state index in [1.54, 1.807) is 18.2 Å². The lowest BCUT2D eigenvalue weighted by Crippen LogP contribution is -2.07. The lowest BCUT2D eigenvalue weighted by molar-refractivity contribution is 0.596. The van der Waals surface area contributed by atoms with Crippen LogP contribution < -0.4 is 5.32 Å². The minimum atomic E-state index is -0.265. The third-order valence-electron chi connectivity index (χ3n) is 2.15. The summed E-state index contributed by atoms with van der Waals surface area (Å²) in [5.41, 5.74) is 0.716. The first kappa shape index (κ1) is 11.5. The maximum absolute atomic E-state index is 13.4. The Labute approximate surface area is 89.3 Å². The highest BCUT2D eigenvalue weighted by molar-refractivity contribution is 6.30. The zero-order chi connectivity index (χ0) is 10.4. The summed E-state index contributed by atoms with van der Waals surface area (Å²) in [5, 5.41) is 3.28. The molecule has 0 unspecified atom stereocenters. The highest BCUT2D eigenvalue weighted by atomic mass is 35.5. The Bertz CT molecular complexity index is 289. The predicted octanol–water partition coefficient (Wildman–Crippen LogP) is 3.02. The van der Waals surface area contributed by atoms with Gasteiger partial charge in [0.1, 0.15) is 5.82 Å². The monoisotopic (exact) mass is 215 g/mol. The van der Waals surface area contributed by atoms with Gasteiger partial charge in [0.05, 0.1) is 5.02 Å². The van der Waals surface area contributed by atoms with Gasteiger partial charge in [0.25, 0.3) is 0 Å². The first-order valence-electron chi connectivity index (χ1n) is 4.83. The van der Waals surface area contributed by atoms with Crippen LogP contribution in [0.3, 0.4) is 0 Å². The molecule has 0 saturated carbocycles. The van der Waals surface area contributed by atoms with Crippen LogP contribution in [-0.4, -0.2) is 13.6 Å². The molecule has 0 aliphatic rings. The number of halogens is 2. The maximum Gasteiger partial charge on any atom is 0.144 e. The molecule has 0 radical (unpaired) electrons. The zero-order valence-electron chi connectivity index (χ0n) is 8.32. The topological polar surface area (TPSA) is 12.0 Å². The first-order valence-corrected chi connectivity index (χ1v) is 5.21. The SMILES string of the molecule is CNCCCCc1cccc(Cl)c1F. The number of hydrogen-bond donors (Lipinski definition) is 1. The third-order valence-corrected chi connectivity index (χ3v) is 2.45. The smallest absolute Gasteiger partial charge is 0.144 e. The molecule has 0 heterocycles. The molecule has 1 rings (SSSR count). The number of benzene rings is 1. The second-order valence-corrected chi connectivity index (χ2v) is 3.68. The van der Waals surface area contributed by atoms with Gasteiger partial charge in [-0.25, -0.2) is 4.39 Å². The number of unbranched alkanes of at least 4 members (excludes halogenated alkanes) is 1. The molecule has 0 aromatic heterocycles. The summed E-state index contributed by atoms with van der Waals surface area (Å²) in [5.74, 6) is -0.265. The second-order valence-electron chi connectivity index (χ2n) is 3.27. The highest BCUT2D eigenvalue weighted by Gasteiger charge is 2.04. The van der Waals surface area contributed by atoms with Crippen molar-refractivity contribution in [1.82, 2.24) is 5.32 Å². The van der Waals surface area contributed by atoms with Gasteiger partial charge in [0.2, 0.25) is 0 Å². The maximum atomic E-state index is 13.4. The van der Waals surface area contributed by atoms with Gasteiger partial charge >= 0.3 is 0 Å². The summed E-state index contributed by atoms with van der Waals surface area (Å²) in [4.78, 5) is 0. The quantitative estimate of drug-likeness (QED) is 0.745. The van der Waals surface area contributed by atoms with E-state index in [9.17, 15) is 4.39 Å². The van der Waals surface area contributed by atoms with Crippen LogP contribution in [-0.2, 0) is 6.42 Å². The van der Waals surface area contributed by atoms with Crippen LogP contribution in [0.1, 0.15) is 18.4 Å². The molecule has 0 spiro atoms. The van der Waals surface area contributed by atoms with E-state index < -0.39 is 0 Å². The average Bonchev–Trinajstić information content (AvgIpc) is 2.19. The van der Waals surface area contributed by atoms with E-state index in [1.165, 1.54) is 0 Å². The van der Waals surface area contributed by atoms with E-state index in [4.69, 9.17) is 11.6 Å². The van der Waals surface area contributed by atoms with Crippen LogP contribution in [0, 0.1) is 5.82 Å². The number of aryl methyl sites for hydroxylation is 1. The average molecular weight is 216 g/mol. The molecule has 3 heteroatoms. The fourth-order valence-corrected chi connectivity index (χ4v) is 1.55. The van der Waals surface area contributed by atoms with Crippen molar-refractivity contribution < 1.29 is 4.39 Å². The zero-order valence-corrected chi connectivity index (χ0v) is 9.07. The summed E-state index contributed by atoms with van der Waals surface area (Å²) in [7, 11) is 1.92. The summed E-state index contributed by atoms with van der Waals surface area (Å²) < 4.78 is 13.4. The molecule has 0 bridgehead atoms. The van der Waals surface area contributed by atoms with Gasteiger partial charge in [0.15, 0.2) is 0 Å². The van der Waals surface area contributed by atoms with E-state index in [0.717, 1.165) is 25.8 Å². The molecule has 0 aliphatic heterocycles.